The van der Waals surface area contributed by atoms with E-state index in [0.29, 0.717) is 5.69 Å². The highest BCUT2D eigenvalue weighted by Crippen LogP contribution is 2.31. The SMILES string of the molecule is CC(C)NC(=O)Nc1ccc2c(c1)C(=O)N([C@H](C)CO)C[C@@H](C)[C@H](CN(C)S(=O)(=O)c1cccs1)O2. The average Bonchev–Trinajstić information content (AvgIpc) is 3.36. The van der Waals surface area contributed by atoms with E-state index in [0.717, 1.165) is 11.3 Å². The lowest BCUT2D eigenvalue weighted by molar-refractivity contribution is 0.0387. The predicted octanol–water partition coefficient (Wildman–Crippen LogP) is 2.82. The number of hydrogen-bond acceptors (Lipinski definition) is 7. The fraction of sp³-hybridized carbons (Fsp3) is 0.500. The van der Waals surface area contributed by atoms with Gasteiger partial charge in [0.25, 0.3) is 15.9 Å². The maximum Gasteiger partial charge on any atom is 0.319 e. The van der Waals surface area contributed by atoms with E-state index in [1.54, 1.807) is 41.5 Å². The fourth-order valence-electron chi connectivity index (χ4n) is 3.86. The van der Waals surface area contributed by atoms with Crippen molar-refractivity contribution in [1.82, 2.24) is 14.5 Å². The number of carbonyl (C=O) groups excluding carboxylic acids is 2. The second kappa shape index (κ2) is 11.6. The van der Waals surface area contributed by atoms with Gasteiger partial charge in [0.05, 0.1) is 24.8 Å². The van der Waals surface area contributed by atoms with Crippen molar-refractivity contribution in [3.8, 4) is 5.75 Å². The van der Waals surface area contributed by atoms with E-state index in [4.69, 9.17) is 4.74 Å². The molecular weight excluding hydrogens is 504 g/mol. The van der Waals surface area contributed by atoms with E-state index in [-0.39, 0.29) is 53.1 Å². The summed E-state index contributed by atoms with van der Waals surface area (Å²) in [4.78, 5) is 27.2. The minimum atomic E-state index is -3.70. The molecule has 36 heavy (non-hydrogen) atoms. The molecule has 3 rings (SSSR count). The summed E-state index contributed by atoms with van der Waals surface area (Å²) in [6, 6.07) is 7.06. The number of likely N-dealkylation sites (N-methyl/N-ethyl adjacent to an activating group) is 1. The quantitative estimate of drug-likeness (QED) is 0.474. The zero-order valence-corrected chi connectivity index (χ0v) is 22.7. The number of amides is 3. The first-order chi connectivity index (χ1) is 16.9. The van der Waals surface area contributed by atoms with Gasteiger partial charge in [-0.1, -0.05) is 13.0 Å². The van der Waals surface area contributed by atoms with E-state index in [1.807, 2.05) is 20.8 Å². The summed E-state index contributed by atoms with van der Waals surface area (Å²) in [6.07, 6.45) is -0.576. The second-order valence-electron chi connectivity index (χ2n) is 9.30. The minimum Gasteiger partial charge on any atom is -0.488 e. The number of thiophene rings is 1. The first-order valence-corrected chi connectivity index (χ1v) is 14.1. The Morgan fingerprint density at radius 1 is 1.31 bits per heavy atom. The number of nitrogens with zero attached hydrogens (tertiary/aromatic N) is 2. The Kier molecular flexibility index (Phi) is 8.98. The van der Waals surface area contributed by atoms with Gasteiger partial charge in [0, 0.05) is 31.2 Å². The van der Waals surface area contributed by atoms with Crippen molar-refractivity contribution in [2.24, 2.45) is 5.92 Å². The maximum absolute atomic E-state index is 13.5. The number of aliphatic hydroxyl groups excluding tert-OH is 1. The van der Waals surface area contributed by atoms with Gasteiger partial charge in [-0.25, -0.2) is 13.2 Å². The van der Waals surface area contributed by atoms with Crippen LogP contribution < -0.4 is 15.4 Å². The number of hydrogen-bond donors (Lipinski definition) is 3. The Morgan fingerprint density at radius 2 is 2.03 bits per heavy atom. The number of ether oxygens (including phenoxy) is 1. The summed E-state index contributed by atoms with van der Waals surface area (Å²) in [5, 5.41) is 17.0. The standard InChI is InChI=1S/C24H34N4O6S2/c1-15(2)25-24(31)26-18-8-9-20-19(11-18)23(30)28(17(4)14-29)12-16(3)21(34-20)13-27(5)36(32,33)22-7-6-10-35-22/h6-11,15-17,21,29H,12-14H2,1-5H3,(H2,25,26,31)/t16-,17-,21+/m1/s1. The lowest BCUT2D eigenvalue weighted by Crippen LogP contribution is -2.50. The summed E-state index contributed by atoms with van der Waals surface area (Å²) in [6.45, 7) is 7.38. The minimum absolute atomic E-state index is 0.0627. The third-order valence-electron chi connectivity index (χ3n) is 5.94. The largest absolute Gasteiger partial charge is 0.488 e. The second-order valence-corrected chi connectivity index (χ2v) is 12.5. The Hall–Kier alpha value is -2.67. The summed E-state index contributed by atoms with van der Waals surface area (Å²) >= 11 is 1.14. The number of aliphatic hydroxyl groups is 1. The fourth-order valence-corrected chi connectivity index (χ4v) is 6.25. The highest BCUT2D eigenvalue weighted by molar-refractivity contribution is 7.91. The van der Waals surface area contributed by atoms with E-state index in [2.05, 4.69) is 10.6 Å². The van der Waals surface area contributed by atoms with Crippen LogP contribution in [0.1, 0.15) is 38.1 Å². The molecule has 2 heterocycles. The molecule has 1 aromatic carbocycles. The molecule has 0 fully saturated rings. The average molecular weight is 539 g/mol. The highest BCUT2D eigenvalue weighted by Gasteiger charge is 2.35. The zero-order valence-electron chi connectivity index (χ0n) is 21.1. The van der Waals surface area contributed by atoms with E-state index in [9.17, 15) is 23.1 Å². The van der Waals surface area contributed by atoms with Crippen LogP contribution in [0.25, 0.3) is 0 Å². The van der Waals surface area contributed by atoms with Crippen molar-refractivity contribution >= 4 is 39.0 Å². The van der Waals surface area contributed by atoms with Gasteiger partial charge in [-0.05, 0) is 50.4 Å². The van der Waals surface area contributed by atoms with Gasteiger partial charge in [-0.2, -0.15) is 4.31 Å². The molecule has 0 spiro atoms. The van der Waals surface area contributed by atoms with Crippen LogP contribution in [0.4, 0.5) is 10.5 Å². The molecule has 3 atom stereocenters. The van der Waals surface area contributed by atoms with Gasteiger partial charge in [-0.3, -0.25) is 4.79 Å². The Bertz CT molecular complexity index is 1170. The number of urea groups is 1. The first kappa shape index (κ1) is 27.9. The highest BCUT2D eigenvalue weighted by atomic mass is 32.2. The van der Waals surface area contributed by atoms with E-state index in [1.165, 1.54) is 17.4 Å². The third-order valence-corrected chi connectivity index (χ3v) is 9.14. The predicted molar refractivity (Wildman–Crippen MR) is 139 cm³/mol. The Labute approximate surface area is 216 Å². The van der Waals surface area contributed by atoms with Gasteiger partial charge in [0.15, 0.2) is 0 Å². The molecule has 2 aromatic rings. The molecule has 0 saturated carbocycles. The molecule has 10 nitrogen and oxygen atoms in total. The monoisotopic (exact) mass is 538 g/mol. The summed E-state index contributed by atoms with van der Waals surface area (Å²) in [5.74, 6) is -0.306. The van der Waals surface area contributed by atoms with Gasteiger partial charge < -0.3 is 25.4 Å². The van der Waals surface area contributed by atoms with Crippen molar-refractivity contribution in [3.05, 3.63) is 41.3 Å². The lowest BCUT2D eigenvalue weighted by Gasteiger charge is -2.38. The van der Waals surface area contributed by atoms with Crippen molar-refractivity contribution in [3.63, 3.8) is 0 Å². The van der Waals surface area contributed by atoms with Crippen LogP contribution in [0.3, 0.4) is 0 Å². The molecule has 0 radical (unpaired) electrons. The van der Waals surface area contributed by atoms with Crippen molar-refractivity contribution in [2.45, 2.75) is 50.1 Å². The Balaban J connectivity index is 1.94. The van der Waals surface area contributed by atoms with Gasteiger partial charge in [0.2, 0.25) is 0 Å². The van der Waals surface area contributed by atoms with Crippen molar-refractivity contribution in [1.29, 1.82) is 0 Å². The van der Waals surface area contributed by atoms with Gasteiger partial charge in [-0.15, -0.1) is 11.3 Å². The molecule has 0 aliphatic carbocycles. The van der Waals surface area contributed by atoms with E-state index >= 15 is 0 Å². The van der Waals surface area contributed by atoms with Gasteiger partial charge in [0.1, 0.15) is 16.1 Å². The molecule has 0 unspecified atom stereocenters. The smallest absolute Gasteiger partial charge is 0.319 e. The third kappa shape index (κ3) is 6.36. The van der Waals surface area contributed by atoms with Crippen LogP contribution in [0, 0.1) is 5.92 Å². The summed E-state index contributed by atoms with van der Waals surface area (Å²) in [7, 11) is -2.19. The lowest BCUT2D eigenvalue weighted by atomic mass is 9.99. The molecule has 0 saturated heterocycles. The van der Waals surface area contributed by atoms with Crippen LogP contribution in [-0.4, -0.2) is 79.6 Å². The van der Waals surface area contributed by atoms with E-state index < -0.39 is 28.2 Å². The molecule has 1 aromatic heterocycles. The van der Waals surface area contributed by atoms with Crippen LogP contribution >= 0.6 is 11.3 Å². The normalized spacial score (nSPS) is 19.3. The summed E-state index contributed by atoms with van der Waals surface area (Å²) < 4.78 is 33.8. The molecule has 0 bridgehead atoms. The Morgan fingerprint density at radius 3 is 2.64 bits per heavy atom. The molecule has 1 aliphatic rings. The molecular formula is C24H34N4O6S2. The van der Waals surface area contributed by atoms with Gasteiger partial charge >= 0.3 is 6.03 Å². The number of nitrogens with one attached hydrogen (secondary N) is 2. The topological polar surface area (TPSA) is 128 Å². The summed E-state index contributed by atoms with van der Waals surface area (Å²) in [5.41, 5.74) is 0.626. The number of sulfonamides is 1. The number of rotatable bonds is 8. The molecule has 3 amide bonds. The van der Waals surface area contributed by atoms with Crippen LogP contribution in [-0.2, 0) is 10.0 Å². The van der Waals surface area contributed by atoms with Crippen LogP contribution in [0.15, 0.2) is 39.9 Å². The zero-order chi connectivity index (χ0) is 26.6. The van der Waals surface area contributed by atoms with Crippen LogP contribution in [0.5, 0.6) is 5.75 Å². The van der Waals surface area contributed by atoms with Crippen molar-refractivity contribution < 1.29 is 27.9 Å². The number of carbonyl (C=O) groups is 2. The number of benzene rings is 1. The maximum atomic E-state index is 13.5. The first-order valence-electron chi connectivity index (χ1n) is 11.7. The molecule has 12 heteroatoms. The molecule has 1 aliphatic heterocycles. The molecule has 198 valence electrons. The van der Waals surface area contributed by atoms with Crippen LogP contribution in [0.2, 0.25) is 0 Å². The van der Waals surface area contributed by atoms with Crippen molar-refractivity contribution in [2.75, 3.05) is 32.1 Å². The molecule has 3 N–H and O–H groups in total. The number of fused-ring (bicyclic) bond motifs is 1. The number of anilines is 1.